The van der Waals surface area contributed by atoms with E-state index in [1.165, 1.54) is 24.4 Å². The lowest BCUT2D eigenvalue weighted by atomic mass is 10.1. The highest BCUT2D eigenvalue weighted by Crippen LogP contribution is 2.30. The van der Waals surface area contributed by atoms with E-state index in [9.17, 15) is 17.9 Å². The van der Waals surface area contributed by atoms with E-state index in [0.717, 1.165) is 12.3 Å². The highest BCUT2D eigenvalue weighted by atomic mass is 32.2. The number of nitrogens with zero attached hydrogens (tertiary/aromatic N) is 1. The molecule has 1 aromatic heterocycles. The highest BCUT2D eigenvalue weighted by molar-refractivity contribution is 7.91. The number of aromatic nitrogens is 1. The Labute approximate surface area is 132 Å². The minimum Gasteiger partial charge on any atom is -0.508 e. The molecule has 7 heteroatoms. The van der Waals surface area contributed by atoms with Crippen LogP contribution in [-0.2, 0) is 9.84 Å². The number of para-hydroxylation sites is 1. The van der Waals surface area contributed by atoms with Gasteiger partial charge in [-0.25, -0.2) is 12.8 Å². The van der Waals surface area contributed by atoms with Crippen LogP contribution in [0.4, 0.5) is 15.8 Å². The zero-order valence-electron chi connectivity index (χ0n) is 12.1. The molecule has 3 aromatic rings. The SMILES string of the molecule is CS(=O)(=O)c1cccc2c(Nc3ccc(O)cc3F)ccnc12. The molecule has 0 fully saturated rings. The molecular weight excluding hydrogens is 319 g/mol. The van der Waals surface area contributed by atoms with E-state index in [1.807, 2.05) is 0 Å². The molecule has 5 nitrogen and oxygen atoms in total. The van der Waals surface area contributed by atoms with E-state index in [4.69, 9.17) is 0 Å². The third kappa shape index (κ3) is 2.95. The zero-order chi connectivity index (χ0) is 16.6. The van der Waals surface area contributed by atoms with Gasteiger partial charge in [0.15, 0.2) is 9.84 Å². The van der Waals surface area contributed by atoms with Crippen molar-refractivity contribution in [3.05, 3.63) is 54.5 Å². The lowest BCUT2D eigenvalue weighted by Gasteiger charge is -2.12. The van der Waals surface area contributed by atoms with E-state index >= 15 is 0 Å². The number of halogens is 1. The quantitative estimate of drug-likeness (QED) is 0.720. The molecule has 0 aliphatic carbocycles. The van der Waals surface area contributed by atoms with Crippen LogP contribution in [0.15, 0.2) is 53.6 Å². The van der Waals surface area contributed by atoms with E-state index in [-0.39, 0.29) is 16.3 Å². The zero-order valence-corrected chi connectivity index (χ0v) is 12.9. The molecule has 118 valence electrons. The second kappa shape index (κ2) is 5.51. The van der Waals surface area contributed by atoms with Gasteiger partial charge in [-0.3, -0.25) is 4.98 Å². The predicted molar refractivity (Wildman–Crippen MR) is 86.2 cm³/mol. The van der Waals surface area contributed by atoms with Gasteiger partial charge in [0.05, 0.1) is 16.1 Å². The molecule has 23 heavy (non-hydrogen) atoms. The molecule has 2 N–H and O–H groups in total. The Hall–Kier alpha value is -2.67. The number of nitrogens with one attached hydrogen (secondary N) is 1. The van der Waals surface area contributed by atoms with E-state index in [2.05, 4.69) is 10.3 Å². The normalized spacial score (nSPS) is 11.6. The van der Waals surface area contributed by atoms with Crippen LogP contribution < -0.4 is 5.32 Å². The Morgan fingerprint density at radius 1 is 1.13 bits per heavy atom. The average Bonchev–Trinajstić information content (AvgIpc) is 2.49. The van der Waals surface area contributed by atoms with Crippen molar-refractivity contribution >= 4 is 32.1 Å². The first-order valence-corrected chi connectivity index (χ1v) is 8.59. The van der Waals surface area contributed by atoms with Gasteiger partial charge in [-0.2, -0.15) is 0 Å². The van der Waals surface area contributed by atoms with Crippen LogP contribution in [0, 0.1) is 5.82 Å². The monoisotopic (exact) mass is 332 g/mol. The van der Waals surface area contributed by atoms with Crippen LogP contribution in [-0.4, -0.2) is 24.8 Å². The second-order valence-corrected chi connectivity index (χ2v) is 7.06. The van der Waals surface area contributed by atoms with Crippen molar-refractivity contribution in [1.29, 1.82) is 0 Å². The van der Waals surface area contributed by atoms with Crippen LogP contribution in [0.25, 0.3) is 10.9 Å². The Bertz CT molecular complexity index is 1000. The number of hydrogen-bond donors (Lipinski definition) is 2. The fraction of sp³-hybridized carbons (Fsp3) is 0.0625. The van der Waals surface area contributed by atoms with Crippen molar-refractivity contribution in [1.82, 2.24) is 4.98 Å². The summed E-state index contributed by atoms with van der Waals surface area (Å²) in [6, 6.07) is 10.2. The summed E-state index contributed by atoms with van der Waals surface area (Å²) in [5, 5.41) is 12.7. The average molecular weight is 332 g/mol. The Balaban J connectivity index is 2.16. The third-order valence-electron chi connectivity index (χ3n) is 3.36. The second-order valence-electron chi connectivity index (χ2n) is 5.07. The van der Waals surface area contributed by atoms with Gasteiger partial charge >= 0.3 is 0 Å². The fourth-order valence-electron chi connectivity index (χ4n) is 2.31. The molecule has 0 atom stereocenters. The smallest absolute Gasteiger partial charge is 0.177 e. The van der Waals surface area contributed by atoms with Crippen molar-refractivity contribution in [2.24, 2.45) is 0 Å². The first kappa shape index (κ1) is 15.2. The van der Waals surface area contributed by atoms with Crippen LogP contribution in [0.1, 0.15) is 0 Å². The van der Waals surface area contributed by atoms with Gasteiger partial charge in [-0.15, -0.1) is 0 Å². The van der Waals surface area contributed by atoms with Crippen LogP contribution in [0.3, 0.4) is 0 Å². The molecule has 0 amide bonds. The summed E-state index contributed by atoms with van der Waals surface area (Å²) >= 11 is 0. The molecule has 0 spiro atoms. The summed E-state index contributed by atoms with van der Waals surface area (Å²) in [6.07, 6.45) is 2.57. The number of phenols is 1. The van der Waals surface area contributed by atoms with Crippen LogP contribution >= 0.6 is 0 Å². The van der Waals surface area contributed by atoms with Gasteiger partial charge in [-0.05, 0) is 24.3 Å². The first-order chi connectivity index (χ1) is 10.9. The Morgan fingerprint density at radius 3 is 2.61 bits per heavy atom. The highest BCUT2D eigenvalue weighted by Gasteiger charge is 2.15. The van der Waals surface area contributed by atoms with Gasteiger partial charge < -0.3 is 10.4 Å². The molecule has 0 saturated heterocycles. The van der Waals surface area contributed by atoms with Crippen molar-refractivity contribution in [2.75, 3.05) is 11.6 Å². The van der Waals surface area contributed by atoms with Gasteiger partial charge in [0.25, 0.3) is 0 Å². The number of anilines is 2. The van der Waals surface area contributed by atoms with Crippen molar-refractivity contribution < 1.29 is 17.9 Å². The van der Waals surface area contributed by atoms with E-state index in [1.54, 1.807) is 18.2 Å². The number of aromatic hydroxyl groups is 1. The van der Waals surface area contributed by atoms with Gasteiger partial charge in [0.1, 0.15) is 11.6 Å². The number of benzene rings is 2. The Morgan fingerprint density at radius 2 is 1.91 bits per heavy atom. The summed E-state index contributed by atoms with van der Waals surface area (Å²) < 4.78 is 37.6. The fourth-order valence-corrected chi connectivity index (χ4v) is 3.15. The van der Waals surface area contributed by atoms with Crippen molar-refractivity contribution in [2.45, 2.75) is 4.90 Å². The predicted octanol–water partition coefficient (Wildman–Crippen LogP) is 3.23. The van der Waals surface area contributed by atoms with Crippen LogP contribution in [0.2, 0.25) is 0 Å². The maximum absolute atomic E-state index is 13.9. The molecule has 0 bridgehead atoms. The number of fused-ring (bicyclic) bond motifs is 1. The molecule has 0 unspecified atom stereocenters. The molecule has 3 rings (SSSR count). The van der Waals surface area contributed by atoms with E-state index in [0.29, 0.717) is 16.6 Å². The van der Waals surface area contributed by atoms with E-state index < -0.39 is 15.7 Å². The van der Waals surface area contributed by atoms with Gasteiger partial charge in [0.2, 0.25) is 0 Å². The molecule has 0 radical (unpaired) electrons. The standard InChI is InChI=1S/C16H13FN2O3S/c1-23(21,22)15-4-2-3-11-13(7-8-18-16(11)15)19-14-6-5-10(20)9-12(14)17/h2-9,20H,1H3,(H,18,19). The third-order valence-corrected chi connectivity index (χ3v) is 4.48. The molecular formula is C16H13FN2O3S. The lowest BCUT2D eigenvalue weighted by molar-refractivity contribution is 0.469. The first-order valence-electron chi connectivity index (χ1n) is 6.69. The minimum absolute atomic E-state index is 0.116. The summed E-state index contributed by atoms with van der Waals surface area (Å²) in [7, 11) is -3.43. The molecule has 0 saturated carbocycles. The summed E-state index contributed by atoms with van der Waals surface area (Å²) in [6.45, 7) is 0. The van der Waals surface area contributed by atoms with Crippen molar-refractivity contribution in [3.63, 3.8) is 0 Å². The van der Waals surface area contributed by atoms with Crippen molar-refractivity contribution in [3.8, 4) is 5.75 Å². The largest absolute Gasteiger partial charge is 0.508 e. The number of hydrogen-bond acceptors (Lipinski definition) is 5. The summed E-state index contributed by atoms with van der Waals surface area (Å²) in [5.74, 6) is -0.791. The minimum atomic E-state index is -3.43. The van der Waals surface area contributed by atoms with Gasteiger partial charge in [0, 0.05) is 29.6 Å². The lowest BCUT2D eigenvalue weighted by Crippen LogP contribution is -2.01. The molecule has 2 aromatic carbocycles. The molecule has 0 aliphatic rings. The number of sulfone groups is 1. The maximum Gasteiger partial charge on any atom is 0.177 e. The molecule has 0 aliphatic heterocycles. The summed E-state index contributed by atoms with van der Waals surface area (Å²) in [5.41, 5.74) is 1.00. The maximum atomic E-state index is 13.9. The number of pyridine rings is 1. The van der Waals surface area contributed by atoms with Crippen LogP contribution in [0.5, 0.6) is 5.75 Å². The molecule has 1 heterocycles. The number of phenolic OH excluding ortho intramolecular Hbond substituents is 1. The summed E-state index contributed by atoms with van der Waals surface area (Å²) in [4.78, 5) is 4.25. The number of rotatable bonds is 3. The van der Waals surface area contributed by atoms with Gasteiger partial charge in [-0.1, -0.05) is 12.1 Å². The Kier molecular flexibility index (Phi) is 3.65. The topological polar surface area (TPSA) is 79.3 Å².